The van der Waals surface area contributed by atoms with Crippen molar-refractivity contribution in [1.82, 2.24) is 10.6 Å². The summed E-state index contributed by atoms with van der Waals surface area (Å²) in [6, 6.07) is 45.5. The van der Waals surface area contributed by atoms with E-state index in [1.807, 2.05) is 123 Å². The summed E-state index contributed by atoms with van der Waals surface area (Å²) in [7, 11) is -1.02. The summed E-state index contributed by atoms with van der Waals surface area (Å²) < 4.78 is 0. The Kier molecular flexibility index (Phi) is 9.03. The van der Waals surface area contributed by atoms with Crippen LogP contribution in [-0.4, -0.2) is 11.8 Å². The van der Waals surface area contributed by atoms with Crippen molar-refractivity contribution in [3.05, 3.63) is 162 Å². The van der Waals surface area contributed by atoms with Gasteiger partial charge in [-0.15, -0.1) is 0 Å². The van der Waals surface area contributed by atoms with E-state index in [0.717, 1.165) is 27.0 Å². The van der Waals surface area contributed by atoms with Crippen molar-refractivity contribution in [2.75, 3.05) is 0 Å². The van der Waals surface area contributed by atoms with Crippen LogP contribution in [0.15, 0.2) is 140 Å². The Hall–Kier alpha value is -4.53. The van der Waals surface area contributed by atoms with E-state index in [2.05, 4.69) is 34.9 Å². The second-order valence-electron chi connectivity index (χ2n) is 9.99. The number of nitrogens with one attached hydrogen (secondary N) is 2. The molecule has 5 aromatic carbocycles. The highest BCUT2D eigenvalue weighted by Gasteiger charge is 2.22. The van der Waals surface area contributed by atoms with Gasteiger partial charge in [0.25, 0.3) is 11.8 Å². The molecule has 0 unspecified atom stereocenters. The minimum Gasteiger partial charge on any atom is -0.346 e. The van der Waals surface area contributed by atoms with Crippen LogP contribution in [0, 0.1) is 0 Å². The Labute approximate surface area is 243 Å². The van der Waals surface area contributed by atoms with Crippen molar-refractivity contribution < 1.29 is 9.59 Å². The van der Waals surface area contributed by atoms with Crippen LogP contribution in [0.25, 0.3) is 0 Å². The average molecular weight is 557 g/mol. The molecule has 0 saturated carbocycles. The highest BCUT2D eigenvalue weighted by atomic mass is 31.1. The zero-order valence-electron chi connectivity index (χ0n) is 23.2. The predicted molar refractivity (Wildman–Crippen MR) is 170 cm³/mol. The summed E-state index contributed by atoms with van der Waals surface area (Å²) in [5.41, 5.74) is 2.95. The van der Waals surface area contributed by atoms with Crippen LogP contribution in [0.3, 0.4) is 0 Å². The molecule has 4 nitrogen and oxygen atoms in total. The van der Waals surface area contributed by atoms with Crippen molar-refractivity contribution >= 4 is 35.6 Å². The molecule has 0 aliphatic heterocycles. The molecule has 2 amide bonds. The Bertz CT molecular complexity index is 1480. The summed E-state index contributed by atoms with van der Waals surface area (Å²) in [5, 5.41) is 9.49. The lowest BCUT2D eigenvalue weighted by atomic mass is 10.1. The molecule has 0 saturated heterocycles. The van der Waals surface area contributed by atoms with Gasteiger partial charge in [0.15, 0.2) is 0 Å². The first-order valence-electron chi connectivity index (χ1n) is 13.8. The van der Waals surface area contributed by atoms with Gasteiger partial charge in [0.2, 0.25) is 0 Å². The maximum absolute atomic E-state index is 13.7. The largest absolute Gasteiger partial charge is 0.346 e. The van der Waals surface area contributed by atoms with Crippen molar-refractivity contribution in [1.29, 1.82) is 0 Å². The van der Waals surface area contributed by atoms with Gasteiger partial charge in [-0.05, 0) is 67.0 Å². The third-order valence-corrected chi connectivity index (χ3v) is 9.43. The second kappa shape index (κ2) is 13.2. The summed E-state index contributed by atoms with van der Waals surface area (Å²) in [6.07, 6.45) is 0. The lowest BCUT2D eigenvalue weighted by Gasteiger charge is -2.22. The fourth-order valence-corrected chi connectivity index (χ4v) is 7.19. The van der Waals surface area contributed by atoms with Gasteiger partial charge in [0.1, 0.15) is 0 Å². The Balaban J connectivity index is 1.55. The fraction of sp³-hybridized carbons (Fsp3) is 0.111. The van der Waals surface area contributed by atoms with E-state index in [9.17, 15) is 9.59 Å². The monoisotopic (exact) mass is 556 g/mol. The summed E-state index contributed by atoms with van der Waals surface area (Å²) in [4.78, 5) is 27.3. The summed E-state index contributed by atoms with van der Waals surface area (Å²) in [5.74, 6) is -0.436. The molecule has 5 heteroatoms. The number of carbonyl (C=O) groups is 2. The molecular weight excluding hydrogens is 523 g/mol. The van der Waals surface area contributed by atoms with E-state index in [1.165, 1.54) is 0 Å². The minimum absolute atomic E-state index is 0.188. The average Bonchev–Trinajstić information content (AvgIpc) is 3.03. The van der Waals surface area contributed by atoms with Crippen LogP contribution in [0.2, 0.25) is 0 Å². The van der Waals surface area contributed by atoms with Crippen molar-refractivity contribution in [2.45, 2.75) is 25.9 Å². The molecular formula is C36H33N2O2P. The second-order valence-corrected chi connectivity index (χ2v) is 12.2. The van der Waals surface area contributed by atoms with E-state index >= 15 is 0 Å². The van der Waals surface area contributed by atoms with Gasteiger partial charge in [-0.25, -0.2) is 0 Å². The first-order chi connectivity index (χ1) is 20.0. The maximum atomic E-state index is 13.7. The van der Waals surface area contributed by atoms with Crippen LogP contribution >= 0.6 is 7.92 Å². The molecule has 0 heterocycles. The van der Waals surface area contributed by atoms with E-state index in [4.69, 9.17) is 0 Å². The molecule has 0 aliphatic rings. The lowest BCUT2D eigenvalue weighted by molar-refractivity contribution is 0.0939. The molecule has 2 N–H and O–H groups in total. The molecule has 0 aliphatic carbocycles. The van der Waals surface area contributed by atoms with Crippen LogP contribution in [-0.2, 0) is 0 Å². The van der Waals surface area contributed by atoms with Crippen LogP contribution in [0.1, 0.15) is 57.8 Å². The molecule has 5 aromatic rings. The first kappa shape index (κ1) is 28.0. The molecule has 5 rings (SSSR count). The van der Waals surface area contributed by atoms with Crippen molar-refractivity contribution in [2.24, 2.45) is 0 Å². The smallest absolute Gasteiger partial charge is 0.251 e. The number of amides is 2. The van der Waals surface area contributed by atoms with E-state index in [0.29, 0.717) is 11.1 Å². The standard InChI is InChI=1S/C36H33N2O2P/c1-26(28-15-7-3-8-16-28)37-35(39)30-23-31(36(40)38-27(2)29-17-9-4-10-18-29)25-34(24-30)41(32-19-11-5-12-20-32)33-21-13-6-14-22-33/h3-27H,1-2H3,(H,37,39)(H,38,40)/t26-,27-/m0/s1. The van der Waals surface area contributed by atoms with Crippen LogP contribution in [0.5, 0.6) is 0 Å². The third-order valence-electron chi connectivity index (χ3n) is 7.02. The number of carbonyl (C=O) groups excluding carboxylic acids is 2. The molecule has 0 fully saturated rings. The third kappa shape index (κ3) is 6.98. The van der Waals surface area contributed by atoms with E-state index < -0.39 is 7.92 Å². The maximum Gasteiger partial charge on any atom is 0.251 e. The molecule has 0 aromatic heterocycles. The Morgan fingerprint density at radius 1 is 0.488 bits per heavy atom. The number of rotatable bonds is 9. The van der Waals surface area contributed by atoms with Crippen molar-refractivity contribution in [3.8, 4) is 0 Å². The molecule has 2 atom stereocenters. The van der Waals surface area contributed by atoms with Crippen molar-refractivity contribution in [3.63, 3.8) is 0 Å². The van der Waals surface area contributed by atoms with Gasteiger partial charge in [0, 0.05) is 11.1 Å². The van der Waals surface area contributed by atoms with Gasteiger partial charge >= 0.3 is 0 Å². The lowest BCUT2D eigenvalue weighted by Crippen LogP contribution is -2.31. The highest BCUT2D eigenvalue weighted by molar-refractivity contribution is 7.79. The van der Waals surface area contributed by atoms with Gasteiger partial charge in [-0.2, -0.15) is 0 Å². The minimum atomic E-state index is -1.02. The SMILES string of the molecule is C[C@H](NC(=O)c1cc(C(=O)N[C@@H](C)c2ccccc2)cc(P(c2ccccc2)c2ccccc2)c1)c1ccccc1. The fourth-order valence-electron chi connectivity index (χ4n) is 4.81. The molecule has 41 heavy (non-hydrogen) atoms. The highest BCUT2D eigenvalue weighted by Crippen LogP contribution is 2.33. The first-order valence-corrected chi connectivity index (χ1v) is 15.1. The van der Waals surface area contributed by atoms with E-state index in [-0.39, 0.29) is 23.9 Å². The normalized spacial score (nSPS) is 12.4. The van der Waals surface area contributed by atoms with Crippen LogP contribution < -0.4 is 26.5 Å². The van der Waals surface area contributed by atoms with Crippen LogP contribution in [0.4, 0.5) is 0 Å². The van der Waals surface area contributed by atoms with Gasteiger partial charge in [-0.3, -0.25) is 9.59 Å². The van der Waals surface area contributed by atoms with Gasteiger partial charge in [-0.1, -0.05) is 121 Å². The summed E-state index contributed by atoms with van der Waals surface area (Å²) in [6.45, 7) is 3.93. The number of benzene rings is 5. The molecule has 0 bridgehead atoms. The quantitative estimate of drug-likeness (QED) is 0.206. The molecule has 0 spiro atoms. The molecule has 204 valence electrons. The summed E-state index contributed by atoms with van der Waals surface area (Å²) >= 11 is 0. The van der Waals surface area contributed by atoms with E-state index in [1.54, 1.807) is 6.07 Å². The zero-order chi connectivity index (χ0) is 28.6. The molecule has 0 radical (unpaired) electrons. The zero-order valence-corrected chi connectivity index (χ0v) is 24.1. The Morgan fingerprint density at radius 2 is 0.829 bits per heavy atom. The number of hydrogen-bond acceptors (Lipinski definition) is 2. The number of hydrogen-bond donors (Lipinski definition) is 2. The van der Waals surface area contributed by atoms with Gasteiger partial charge in [0.05, 0.1) is 12.1 Å². The predicted octanol–water partition coefficient (Wildman–Crippen LogP) is 6.43. The van der Waals surface area contributed by atoms with Gasteiger partial charge < -0.3 is 10.6 Å². The Morgan fingerprint density at radius 3 is 1.20 bits per heavy atom. The topological polar surface area (TPSA) is 58.2 Å².